The fourth-order valence-corrected chi connectivity index (χ4v) is 2.51. The van der Waals surface area contributed by atoms with Crippen molar-refractivity contribution in [3.63, 3.8) is 0 Å². The van der Waals surface area contributed by atoms with Gasteiger partial charge >= 0.3 is 5.97 Å². The van der Waals surface area contributed by atoms with Crippen LogP contribution in [0.5, 0.6) is 0 Å². The molecule has 2 aromatic rings. The summed E-state index contributed by atoms with van der Waals surface area (Å²) < 4.78 is 2.18. The van der Waals surface area contributed by atoms with Crippen LogP contribution in [0, 0.1) is 3.57 Å². The lowest BCUT2D eigenvalue weighted by atomic mass is 10.1. The van der Waals surface area contributed by atoms with Crippen molar-refractivity contribution in [3.05, 3.63) is 67.6 Å². The van der Waals surface area contributed by atoms with E-state index in [9.17, 15) is 9.59 Å². The molecule has 2 rings (SSSR count). The maximum atomic E-state index is 12.2. The zero-order chi connectivity index (χ0) is 14.0. The summed E-state index contributed by atoms with van der Waals surface area (Å²) in [5, 5.41) is 9.05. The number of rotatable bonds is 3. The average Bonchev–Trinajstić information content (AvgIpc) is 2.41. The molecule has 98 valence electrons. The number of benzene rings is 1. The van der Waals surface area contributed by atoms with Crippen LogP contribution in [-0.4, -0.2) is 15.6 Å². The van der Waals surface area contributed by atoms with E-state index in [1.54, 1.807) is 6.20 Å². The Labute approximate surface area is 123 Å². The van der Waals surface area contributed by atoms with Gasteiger partial charge in [0.05, 0.1) is 6.04 Å². The lowest BCUT2D eigenvalue weighted by molar-refractivity contribution is 0.0694. The molecule has 19 heavy (non-hydrogen) atoms. The van der Waals surface area contributed by atoms with E-state index in [1.165, 1.54) is 10.6 Å². The molecule has 0 unspecified atom stereocenters. The van der Waals surface area contributed by atoms with Crippen LogP contribution in [0.1, 0.15) is 28.9 Å². The number of carboxylic acids is 1. The molecule has 0 saturated carbocycles. The van der Waals surface area contributed by atoms with Crippen LogP contribution in [0.4, 0.5) is 0 Å². The number of halogens is 1. The molecule has 0 spiro atoms. The number of aromatic carboxylic acids is 1. The highest BCUT2D eigenvalue weighted by Crippen LogP contribution is 2.17. The van der Waals surface area contributed by atoms with Gasteiger partial charge in [-0.05, 0) is 41.1 Å². The van der Waals surface area contributed by atoms with E-state index in [-0.39, 0.29) is 11.6 Å². The third-order valence-corrected chi connectivity index (χ3v) is 3.53. The first kappa shape index (κ1) is 13.8. The topological polar surface area (TPSA) is 59.3 Å². The molecule has 0 radical (unpaired) electrons. The molecule has 4 nitrogen and oxygen atoms in total. The van der Waals surface area contributed by atoms with Crippen LogP contribution >= 0.6 is 22.6 Å². The molecule has 0 saturated heterocycles. The number of nitrogens with zero attached hydrogens (tertiary/aromatic N) is 1. The summed E-state index contributed by atoms with van der Waals surface area (Å²) in [6.45, 7) is 1.87. The molecule has 0 bridgehead atoms. The predicted octanol–water partition coefficient (Wildman–Crippen LogP) is 2.76. The van der Waals surface area contributed by atoms with Crippen molar-refractivity contribution in [2.24, 2.45) is 0 Å². The second-order valence-electron chi connectivity index (χ2n) is 4.18. The second kappa shape index (κ2) is 5.56. The van der Waals surface area contributed by atoms with Crippen LogP contribution in [0.3, 0.4) is 0 Å². The molecule has 0 amide bonds. The fraction of sp³-hybridized carbons (Fsp3) is 0.143. The van der Waals surface area contributed by atoms with Crippen molar-refractivity contribution < 1.29 is 9.90 Å². The van der Waals surface area contributed by atoms with Crippen LogP contribution in [-0.2, 0) is 0 Å². The van der Waals surface area contributed by atoms with Gasteiger partial charge in [-0.25, -0.2) is 4.79 Å². The minimum Gasteiger partial charge on any atom is -0.477 e. The Hall–Kier alpha value is -1.63. The monoisotopic (exact) mass is 369 g/mol. The zero-order valence-electron chi connectivity index (χ0n) is 10.2. The van der Waals surface area contributed by atoms with Crippen LogP contribution < -0.4 is 5.56 Å². The van der Waals surface area contributed by atoms with Crippen LogP contribution in [0.25, 0.3) is 0 Å². The zero-order valence-corrected chi connectivity index (χ0v) is 12.4. The second-order valence-corrected chi connectivity index (χ2v) is 5.42. The molecule has 1 atom stereocenters. The van der Waals surface area contributed by atoms with Crippen LogP contribution in [0.2, 0.25) is 0 Å². The molecule has 1 N–H and O–H groups in total. The van der Waals surface area contributed by atoms with E-state index < -0.39 is 11.5 Å². The number of hydrogen-bond donors (Lipinski definition) is 1. The first-order valence-corrected chi connectivity index (χ1v) is 6.78. The standard InChI is InChI=1S/C14H12INO3/c1-9(10-5-3-2-4-6-10)16-8-11(15)7-12(13(16)17)14(18)19/h2-9H,1H3,(H,18,19)/t9-/m0/s1. The highest BCUT2D eigenvalue weighted by Gasteiger charge is 2.16. The molecule has 5 heteroatoms. The molecule has 1 aromatic carbocycles. The van der Waals surface area contributed by atoms with Gasteiger partial charge in [0.15, 0.2) is 0 Å². The molecule has 1 aromatic heterocycles. The summed E-state index contributed by atoms with van der Waals surface area (Å²) in [5.41, 5.74) is 0.280. The van der Waals surface area contributed by atoms with Gasteiger partial charge in [-0.15, -0.1) is 0 Å². The summed E-state index contributed by atoms with van der Waals surface area (Å²) in [6, 6.07) is 10.7. The van der Waals surface area contributed by atoms with Gasteiger partial charge in [-0.1, -0.05) is 30.3 Å². The van der Waals surface area contributed by atoms with Crippen molar-refractivity contribution in [1.82, 2.24) is 4.57 Å². The van der Waals surface area contributed by atoms with Gasteiger partial charge in [-0.3, -0.25) is 4.79 Å². The maximum absolute atomic E-state index is 12.2. The summed E-state index contributed by atoms with van der Waals surface area (Å²) in [7, 11) is 0. The summed E-state index contributed by atoms with van der Waals surface area (Å²) >= 11 is 2.01. The molecule has 0 fully saturated rings. The Morgan fingerprint density at radius 2 is 1.95 bits per heavy atom. The Balaban J connectivity index is 2.57. The quantitative estimate of drug-likeness (QED) is 0.847. The van der Waals surface area contributed by atoms with Gasteiger partial charge < -0.3 is 9.67 Å². The lowest BCUT2D eigenvalue weighted by Crippen LogP contribution is -2.29. The van der Waals surface area contributed by atoms with E-state index in [0.29, 0.717) is 0 Å². The van der Waals surface area contributed by atoms with Gasteiger partial charge in [0.1, 0.15) is 5.56 Å². The Bertz CT molecular complexity index is 664. The molecular formula is C14H12INO3. The minimum absolute atomic E-state index is 0.199. The van der Waals surface area contributed by atoms with Gasteiger partial charge in [0.2, 0.25) is 0 Å². The number of pyridine rings is 1. The van der Waals surface area contributed by atoms with E-state index in [2.05, 4.69) is 0 Å². The number of aromatic nitrogens is 1. The summed E-state index contributed by atoms with van der Waals surface area (Å²) in [4.78, 5) is 23.2. The van der Waals surface area contributed by atoms with E-state index in [1.807, 2.05) is 59.8 Å². The van der Waals surface area contributed by atoms with Gasteiger partial charge in [0.25, 0.3) is 5.56 Å². The number of hydrogen-bond acceptors (Lipinski definition) is 2. The first-order chi connectivity index (χ1) is 9.00. The number of carboxylic acid groups (broad SMARTS) is 1. The summed E-state index contributed by atoms with van der Waals surface area (Å²) in [6.07, 6.45) is 1.67. The predicted molar refractivity (Wildman–Crippen MR) is 80.6 cm³/mol. The summed E-state index contributed by atoms with van der Waals surface area (Å²) in [5.74, 6) is -1.20. The SMILES string of the molecule is C[C@@H](c1ccccc1)n1cc(I)cc(C(=O)O)c1=O. The molecule has 0 aliphatic heterocycles. The smallest absolute Gasteiger partial charge is 0.341 e. The largest absolute Gasteiger partial charge is 0.477 e. The van der Waals surface area contributed by atoms with Crippen LogP contribution in [0.15, 0.2) is 47.4 Å². The average molecular weight is 369 g/mol. The van der Waals surface area contributed by atoms with Crippen molar-refractivity contribution in [1.29, 1.82) is 0 Å². The van der Waals surface area contributed by atoms with E-state index in [4.69, 9.17) is 5.11 Å². The molecule has 0 aliphatic carbocycles. The van der Waals surface area contributed by atoms with Crippen molar-refractivity contribution in [2.75, 3.05) is 0 Å². The minimum atomic E-state index is -1.20. The maximum Gasteiger partial charge on any atom is 0.341 e. The fourth-order valence-electron chi connectivity index (χ4n) is 1.90. The highest BCUT2D eigenvalue weighted by atomic mass is 127. The Morgan fingerprint density at radius 3 is 2.53 bits per heavy atom. The lowest BCUT2D eigenvalue weighted by Gasteiger charge is -2.16. The van der Waals surface area contributed by atoms with E-state index >= 15 is 0 Å². The molecule has 0 aliphatic rings. The normalized spacial score (nSPS) is 12.1. The molecular weight excluding hydrogens is 357 g/mol. The van der Waals surface area contributed by atoms with Gasteiger partial charge in [-0.2, -0.15) is 0 Å². The van der Waals surface area contributed by atoms with Crippen molar-refractivity contribution in [3.8, 4) is 0 Å². The van der Waals surface area contributed by atoms with Gasteiger partial charge in [0, 0.05) is 9.77 Å². The first-order valence-electron chi connectivity index (χ1n) is 5.70. The highest BCUT2D eigenvalue weighted by molar-refractivity contribution is 14.1. The van der Waals surface area contributed by atoms with E-state index in [0.717, 1.165) is 9.13 Å². The third kappa shape index (κ3) is 2.86. The molecule has 1 heterocycles. The number of carbonyl (C=O) groups is 1. The third-order valence-electron chi connectivity index (χ3n) is 2.94. The Kier molecular flexibility index (Phi) is 4.04. The van der Waals surface area contributed by atoms with Crippen molar-refractivity contribution in [2.45, 2.75) is 13.0 Å². The van der Waals surface area contributed by atoms with Crippen molar-refractivity contribution >= 4 is 28.6 Å². The Morgan fingerprint density at radius 1 is 1.32 bits per heavy atom.